The van der Waals surface area contributed by atoms with Crippen LogP contribution >= 0.6 is 11.6 Å². The summed E-state index contributed by atoms with van der Waals surface area (Å²) in [6, 6.07) is 4.41. The maximum atomic E-state index is 12.2. The standard InChI is InChI=1S/C16H22ClNO/c1-4-13-6-11(3)7-14(5-2)16(13)18-10-12(9-17)8-15(18)19/h6-7,12H,4-5,8-10H2,1-3H3. The first-order chi connectivity index (χ1) is 9.10. The minimum Gasteiger partial charge on any atom is -0.312 e. The Balaban J connectivity index is 2.46. The lowest BCUT2D eigenvalue weighted by molar-refractivity contribution is -0.117. The number of alkyl halides is 1. The molecule has 1 aromatic rings. The molecule has 3 heteroatoms. The van der Waals surface area contributed by atoms with Crippen molar-refractivity contribution in [3.63, 3.8) is 0 Å². The number of rotatable bonds is 4. The molecule has 19 heavy (non-hydrogen) atoms. The monoisotopic (exact) mass is 279 g/mol. The lowest BCUT2D eigenvalue weighted by Crippen LogP contribution is -2.27. The van der Waals surface area contributed by atoms with E-state index >= 15 is 0 Å². The molecule has 0 radical (unpaired) electrons. The molecule has 1 unspecified atom stereocenters. The summed E-state index contributed by atoms with van der Waals surface area (Å²) in [5.74, 6) is 1.08. The Bertz CT molecular complexity index is 459. The topological polar surface area (TPSA) is 20.3 Å². The Labute approximate surface area is 120 Å². The van der Waals surface area contributed by atoms with E-state index in [0.717, 1.165) is 25.1 Å². The Hall–Kier alpha value is -1.02. The molecule has 1 amide bonds. The zero-order chi connectivity index (χ0) is 14.0. The van der Waals surface area contributed by atoms with Crippen LogP contribution in [0.1, 0.15) is 37.0 Å². The normalized spacial score (nSPS) is 19.3. The lowest BCUT2D eigenvalue weighted by Gasteiger charge is -2.24. The third-order valence-electron chi connectivity index (χ3n) is 3.87. The van der Waals surface area contributed by atoms with Gasteiger partial charge in [0.15, 0.2) is 0 Å². The summed E-state index contributed by atoms with van der Waals surface area (Å²) in [5.41, 5.74) is 4.98. The van der Waals surface area contributed by atoms with Gasteiger partial charge in [0.1, 0.15) is 0 Å². The number of anilines is 1. The van der Waals surface area contributed by atoms with Crippen LogP contribution in [-0.4, -0.2) is 18.3 Å². The van der Waals surface area contributed by atoms with Gasteiger partial charge in [-0.1, -0.05) is 31.5 Å². The highest BCUT2D eigenvalue weighted by Gasteiger charge is 2.32. The molecule has 0 aromatic heterocycles. The molecule has 1 aromatic carbocycles. The Morgan fingerprint density at radius 1 is 1.26 bits per heavy atom. The van der Waals surface area contributed by atoms with E-state index in [0.29, 0.717) is 18.2 Å². The summed E-state index contributed by atoms with van der Waals surface area (Å²) in [7, 11) is 0. The third-order valence-corrected chi connectivity index (χ3v) is 4.30. The highest BCUT2D eigenvalue weighted by Crippen LogP contribution is 2.33. The van der Waals surface area contributed by atoms with Crippen molar-refractivity contribution in [2.45, 2.75) is 40.0 Å². The van der Waals surface area contributed by atoms with E-state index in [2.05, 4.69) is 32.9 Å². The van der Waals surface area contributed by atoms with E-state index in [1.165, 1.54) is 16.7 Å². The molecule has 1 atom stereocenters. The molecule has 104 valence electrons. The van der Waals surface area contributed by atoms with Crippen molar-refractivity contribution in [1.82, 2.24) is 0 Å². The number of halogens is 1. The van der Waals surface area contributed by atoms with Crippen LogP contribution in [0, 0.1) is 12.8 Å². The molecule has 0 spiro atoms. The molecule has 0 N–H and O–H groups in total. The lowest BCUT2D eigenvalue weighted by atomic mass is 9.99. The van der Waals surface area contributed by atoms with Gasteiger partial charge in [0, 0.05) is 24.5 Å². The van der Waals surface area contributed by atoms with Gasteiger partial charge in [-0.25, -0.2) is 0 Å². The number of hydrogen-bond acceptors (Lipinski definition) is 1. The van der Waals surface area contributed by atoms with Gasteiger partial charge >= 0.3 is 0 Å². The molecule has 0 saturated carbocycles. The summed E-state index contributed by atoms with van der Waals surface area (Å²) in [6.07, 6.45) is 2.50. The van der Waals surface area contributed by atoms with Crippen molar-refractivity contribution in [3.05, 3.63) is 28.8 Å². The maximum absolute atomic E-state index is 12.2. The number of carbonyl (C=O) groups is 1. The van der Waals surface area contributed by atoms with Crippen molar-refractivity contribution in [2.75, 3.05) is 17.3 Å². The van der Waals surface area contributed by atoms with E-state index in [1.807, 2.05) is 4.90 Å². The number of carbonyl (C=O) groups excluding carboxylic acids is 1. The summed E-state index contributed by atoms with van der Waals surface area (Å²) in [6.45, 7) is 7.19. The van der Waals surface area contributed by atoms with Crippen molar-refractivity contribution >= 4 is 23.2 Å². The van der Waals surface area contributed by atoms with Crippen molar-refractivity contribution < 1.29 is 4.79 Å². The molecule has 1 fully saturated rings. The van der Waals surface area contributed by atoms with Gasteiger partial charge < -0.3 is 4.90 Å². The predicted molar refractivity (Wildman–Crippen MR) is 81.1 cm³/mol. The van der Waals surface area contributed by atoms with Crippen LogP contribution in [0.15, 0.2) is 12.1 Å². The second kappa shape index (κ2) is 5.96. The highest BCUT2D eigenvalue weighted by atomic mass is 35.5. The first-order valence-corrected chi connectivity index (χ1v) is 7.62. The molecule has 0 bridgehead atoms. The summed E-state index contributed by atoms with van der Waals surface area (Å²) in [5, 5.41) is 0. The summed E-state index contributed by atoms with van der Waals surface area (Å²) >= 11 is 5.92. The van der Waals surface area contributed by atoms with Gasteiger partial charge in [0.05, 0.1) is 0 Å². The smallest absolute Gasteiger partial charge is 0.227 e. The van der Waals surface area contributed by atoms with Crippen molar-refractivity contribution in [3.8, 4) is 0 Å². The highest BCUT2D eigenvalue weighted by molar-refractivity contribution is 6.18. The molecule has 0 aliphatic carbocycles. The molecule has 2 nitrogen and oxygen atoms in total. The van der Waals surface area contributed by atoms with E-state index < -0.39 is 0 Å². The number of benzene rings is 1. The van der Waals surface area contributed by atoms with Gasteiger partial charge in [0.25, 0.3) is 0 Å². The Kier molecular flexibility index (Phi) is 4.51. The van der Waals surface area contributed by atoms with Gasteiger partial charge in [-0.2, -0.15) is 0 Å². The third kappa shape index (κ3) is 2.79. The molecular weight excluding hydrogens is 258 g/mol. The molecule has 1 heterocycles. The molecule has 1 aliphatic heterocycles. The average Bonchev–Trinajstić information content (AvgIpc) is 2.78. The fraction of sp³-hybridized carbons (Fsp3) is 0.562. The largest absolute Gasteiger partial charge is 0.312 e. The maximum Gasteiger partial charge on any atom is 0.227 e. The predicted octanol–water partition coefficient (Wildman–Crippen LogP) is 3.71. The van der Waals surface area contributed by atoms with Crippen LogP contribution < -0.4 is 4.90 Å². The molecule has 2 rings (SSSR count). The van der Waals surface area contributed by atoms with E-state index in [1.54, 1.807) is 0 Å². The number of aryl methyl sites for hydroxylation is 3. The number of amides is 1. The molecular formula is C16H22ClNO. The number of nitrogens with zero attached hydrogens (tertiary/aromatic N) is 1. The minimum atomic E-state index is 0.221. The van der Waals surface area contributed by atoms with Crippen LogP contribution in [0.25, 0.3) is 0 Å². The second-order valence-corrected chi connectivity index (χ2v) is 5.68. The SMILES string of the molecule is CCc1cc(C)cc(CC)c1N1CC(CCl)CC1=O. The van der Waals surface area contributed by atoms with Crippen LogP contribution in [0.5, 0.6) is 0 Å². The van der Waals surface area contributed by atoms with Crippen molar-refractivity contribution in [1.29, 1.82) is 0 Å². The van der Waals surface area contributed by atoms with Gasteiger partial charge in [-0.3, -0.25) is 4.79 Å². The van der Waals surface area contributed by atoms with Gasteiger partial charge in [0.2, 0.25) is 5.91 Å². The number of hydrogen-bond donors (Lipinski definition) is 0. The fourth-order valence-corrected chi connectivity index (χ4v) is 3.13. The summed E-state index contributed by atoms with van der Waals surface area (Å²) in [4.78, 5) is 14.2. The second-order valence-electron chi connectivity index (χ2n) is 5.37. The van der Waals surface area contributed by atoms with Crippen LogP contribution in [-0.2, 0) is 17.6 Å². The Morgan fingerprint density at radius 3 is 2.26 bits per heavy atom. The minimum absolute atomic E-state index is 0.221. The Morgan fingerprint density at radius 2 is 1.84 bits per heavy atom. The van der Waals surface area contributed by atoms with E-state index in [4.69, 9.17) is 11.6 Å². The first kappa shape index (κ1) is 14.4. The fourth-order valence-electron chi connectivity index (χ4n) is 2.92. The quantitative estimate of drug-likeness (QED) is 0.770. The van der Waals surface area contributed by atoms with Crippen LogP contribution in [0.4, 0.5) is 5.69 Å². The van der Waals surface area contributed by atoms with Crippen LogP contribution in [0.2, 0.25) is 0 Å². The molecule has 1 aliphatic rings. The van der Waals surface area contributed by atoms with Crippen molar-refractivity contribution in [2.24, 2.45) is 5.92 Å². The van der Waals surface area contributed by atoms with E-state index in [9.17, 15) is 4.79 Å². The first-order valence-electron chi connectivity index (χ1n) is 7.09. The zero-order valence-corrected chi connectivity index (χ0v) is 12.8. The van der Waals surface area contributed by atoms with Gasteiger partial charge in [-0.15, -0.1) is 11.6 Å². The average molecular weight is 280 g/mol. The summed E-state index contributed by atoms with van der Waals surface area (Å²) < 4.78 is 0. The zero-order valence-electron chi connectivity index (χ0n) is 12.0. The van der Waals surface area contributed by atoms with Crippen LogP contribution in [0.3, 0.4) is 0 Å². The molecule has 1 saturated heterocycles. The van der Waals surface area contributed by atoms with Gasteiger partial charge in [-0.05, 0) is 36.8 Å². The van der Waals surface area contributed by atoms with E-state index in [-0.39, 0.29) is 5.91 Å².